The van der Waals surface area contributed by atoms with Crippen LogP contribution in [0.5, 0.6) is 5.75 Å². The Morgan fingerprint density at radius 3 is 2.88 bits per heavy atom. The minimum absolute atomic E-state index is 0.338. The summed E-state index contributed by atoms with van der Waals surface area (Å²) in [5.74, 6) is 1.93. The predicted molar refractivity (Wildman–Crippen MR) is 62.2 cm³/mol. The van der Waals surface area contributed by atoms with Crippen LogP contribution in [-0.2, 0) is 5.88 Å². The molecule has 0 spiro atoms. The molecule has 4 nitrogen and oxygen atoms in total. The number of aryl methyl sites for hydroxylation is 1. The molecule has 0 amide bonds. The lowest BCUT2D eigenvalue weighted by molar-refractivity contribution is 0.411. The average molecular weight is 238 g/mol. The quantitative estimate of drug-likeness (QED) is 0.770. The number of rotatable bonds is 3. The minimum Gasteiger partial charge on any atom is -0.496 e. The Bertz CT molecular complexity index is 496. The molecule has 0 unspecified atom stereocenters. The van der Waals surface area contributed by atoms with E-state index in [1.54, 1.807) is 13.4 Å². The van der Waals surface area contributed by atoms with E-state index < -0.39 is 0 Å². The molecule has 1 heterocycles. The Hall–Kier alpha value is -1.55. The fraction of sp³-hybridized carbons (Fsp3) is 0.273. The number of nitrogens with zero attached hydrogens (tertiary/aromatic N) is 3. The van der Waals surface area contributed by atoms with Crippen molar-refractivity contribution in [1.29, 1.82) is 0 Å². The van der Waals surface area contributed by atoms with E-state index in [4.69, 9.17) is 16.3 Å². The fourth-order valence-corrected chi connectivity index (χ4v) is 1.76. The van der Waals surface area contributed by atoms with Gasteiger partial charge in [-0.3, -0.25) is 4.57 Å². The van der Waals surface area contributed by atoms with Gasteiger partial charge in [-0.2, -0.15) is 0 Å². The summed E-state index contributed by atoms with van der Waals surface area (Å²) in [5, 5.41) is 7.77. The van der Waals surface area contributed by atoms with Crippen LogP contribution in [0.4, 0.5) is 0 Å². The van der Waals surface area contributed by atoms with E-state index in [1.807, 2.05) is 29.7 Å². The van der Waals surface area contributed by atoms with Gasteiger partial charge < -0.3 is 4.74 Å². The Morgan fingerprint density at radius 2 is 2.25 bits per heavy atom. The molecule has 0 aliphatic heterocycles. The Kier molecular flexibility index (Phi) is 3.10. The summed E-state index contributed by atoms with van der Waals surface area (Å²) >= 11 is 5.77. The van der Waals surface area contributed by atoms with Crippen molar-refractivity contribution in [2.75, 3.05) is 7.11 Å². The molecule has 0 saturated carbocycles. The number of alkyl halides is 1. The third-order valence-corrected chi connectivity index (χ3v) is 2.63. The highest BCUT2D eigenvalue weighted by atomic mass is 35.5. The fourth-order valence-electron chi connectivity index (χ4n) is 1.58. The molecule has 0 radical (unpaired) electrons. The van der Waals surface area contributed by atoms with Crippen molar-refractivity contribution in [2.24, 2.45) is 0 Å². The first-order valence-corrected chi connectivity index (χ1v) is 5.39. The Labute approximate surface area is 98.8 Å². The lowest BCUT2D eigenvalue weighted by Gasteiger charge is -2.08. The first-order chi connectivity index (χ1) is 7.76. The van der Waals surface area contributed by atoms with Gasteiger partial charge in [0.1, 0.15) is 12.1 Å². The molecular formula is C11H12ClN3O. The van der Waals surface area contributed by atoms with Gasteiger partial charge in [-0.25, -0.2) is 0 Å². The molecule has 84 valence electrons. The zero-order chi connectivity index (χ0) is 11.5. The maximum Gasteiger partial charge on any atom is 0.152 e. The highest BCUT2D eigenvalue weighted by Gasteiger charge is 2.06. The van der Waals surface area contributed by atoms with Crippen LogP contribution < -0.4 is 4.74 Å². The van der Waals surface area contributed by atoms with Crippen LogP contribution in [0, 0.1) is 6.92 Å². The monoisotopic (exact) mass is 237 g/mol. The van der Waals surface area contributed by atoms with Gasteiger partial charge in [-0.05, 0) is 30.7 Å². The van der Waals surface area contributed by atoms with Crippen molar-refractivity contribution in [3.8, 4) is 11.4 Å². The number of ether oxygens (including phenoxy) is 1. The lowest BCUT2D eigenvalue weighted by Crippen LogP contribution is -1.99. The Morgan fingerprint density at radius 1 is 1.44 bits per heavy atom. The average Bonchev–Trinajstić information content (AvgIpc) is 2.77. The SMILES string of the molecule is COc1ccc(-n2cnnc2CCl)cc1C. The molecule has 0 atom stereocenters. The van der Waals surface area contributed by atoms with E-state index in [-0.39, 0.29) is 0 Å². The lowest BCUT2D eigenvalue weighted by atomic mass is 10.2. The molecular weight excluding hydrogens is 226 g/mol. The molecule has 1 aromatic heterocycles. The van der Waals surface area contributed by atoms with Crippen LogP contribution >= 0.6 is 11.6 Å². The summed E-state index contributed by atoms with van der Waals surface area (Å²) < 4.78 is 7.07. The van der Waals surface area contributed by atoms with Crippen molar-refractivity contribution in [2.45, 2.75) is 12.8 Å². The highest BCUT2D eigenvalue weighted by Crippen LogP contribution is 2.21. The highest BCUT2D eigenvalue weighted by molar-refractivity contribution is 6.16. The number of hydrogen-bond donors (Lipinski definition) is 0. The van der Waals surface area contributed by atoms with Gasteiger partial charge in [0.25, 0.3) is 0 Å². The van der Waals surface area contributed by atoms with Crippen LogP contribution in [0.25, 0.3) is 5.69 Å². The first kappa shape index (κ1) is 11.0. The van der Waals surface area contributed by atoms with Gasteiger partial charge in [-0.1, -0.05) is 0 Å². The molecule has 0 N–H and O–H groups in total. The van der Waals surface area contributed by atoms with E-state index in [9.17, 15) is 0 Å². The molecule has 2 rings (SSSR count). The van der Waals surface area contributed by atoms with Crippen LogP contribution in [0.1, 0.15) is 11.4 Å². The third kappa shape index (κ3) is 1.88. The van der Waals surface area contributed by atoms with E-state index in [2.05, 4.69) is 10.2 Å². The second kappa shape index (κ2) is 4.53. The van der Waals surface area contributed by atoms with Gasteiger partial charge in [0.2, 0.25) is 0 Å². The van der Waals surface area contributed by atoms with Crippen molar-refractivity contribution in [3.05, 3.63) is 35.9 Å². The molecule has 0 saturated heterocycles. The van der Waals surface area contributed by atoms with Gasteiger partial charge >= 0.3 is 0 Å². The molecule has 2 aromatic rings. The van der Waals surface area contributed by atoms with E-state index >= 15 is 0 Å². The van der Waals surface area contributed by atoms with Crippen LogP contribution in [0.3, 0.4) is 0 Å². The van der Waals surface area contributed by atoms with Crippen molar-refractivity contribution < 1.29 is 4.74 Å². The summed E-state index contributed by atoms with van der Waals surface area (Å²) in [4.78, 5) is 0. The molecule has 0 fully saturated rings. The van der Waals surface area contributed by atoms with Crippen LogP contribution in [0.15, 0.2) is 24.5 Å². The van der Waals surface area contributed by atoms with E-state index in [0.29, 0.717) is 5.88 Å². The molecule has 0 bridgehead atoms. The summed E-state index contributed by atoms with van der Waals surface area (Å²) in [6, 6.07) is 5.88. The summed E-state index contributed by atoms with van der Waals surface area (Å²) in [7, 11) is 1.66. The number of aromatic nitrogens is 3. The van der Waals surface area contributed by atoms with E-state index in [1.165, 1.54) is 0 Å². The zero-order valence-corrected chi connectivity index (χ0v) is 9.90. The maximum atomic E-state index is 5.77. The first-order valence-electron chi connectivity index (χ1n) is 4.86. The smallest absolute Gasteiger partial charge is 0.152 e. The summed E-state index contributed by atoms with van der Waals surface area (Å²) in [6.07, 6.45) is 1.65. The van der Waals surface area contributed by atoms with Crippen molar-refractivity contribution in [3.63, 3.8) is 0 Å². The normalized spacial score (nSPS) is 10.4. The molecule has 0 aliphatic rings. The Balaban J connectivity index is 2.45. The largest absolute Gasteiger partial charge is 0.496 e. The number of halogens is 1. The predicted octanol–water partition coefficient (Wildman–Crippen LogP) is 2.32. The van der Waals surface area contributed by atoms with E-state index in [0.717, 1.165) is 22.8 Å². The van der Waals surface area contributed by atoms with Crippen molar-refractivity contribution >= 4 is 11.6 Å². The summed E-state index contributed by atoms with van der Waals surface area (Å²) in [5.41, 5.74) is 2.05. The van der Waals surface area contributed by atoms with Gasteiger partial charge in [0.15, 0.2) is 5.82 Å². The third-order valence-electron chi connectivity index (χ3n) is 2.39. The number of hydrogen-bond acceptors (Lipinski definition) is 3. The van der Waals surface area contributed by atoms with Gasteiger partial charge in [0, 0.05) is 5.69 Å². The van der Waals surface area contributed by atoms with Gasteiger partial charge in [0.05, 0.1) is 13.0 Å². The standard InChI is InChI=1S/C11H12ClN3O/c1-8-5-9(3-4-10(8)16-2)15-7-13-14-11(15)6-12/h3-5,7H,6H2,1-2H3. The summed E-state index contributed by atoms with van der Waals surface area (Å²) in [6.45, 7) is 1.99. The second-order valence-electron chi connectivity index (χ2n) is 3.40. The topological polar surface area (TPSA) is 39.9 Å². The zero-order valence-electron chi connectivity index (χ0n) is 9.14. The maximum absolute atomic E-state index is 5.77. The molecule has 16 heavy (non-hydrogen) atoms. The van der Waals surface area contributed by atoms with Crippen LogP contribution in [-0.4, -0.2) is 21.9 Å². The second-order valence-corrected chi connectivity index (χ2v) is 3.67. The van der Waals surface area contributed by atoms with Crippen LogP contribution in [0.2, 0.25) is 0 Å². The molecule has 5 heteroatoms. The number of methoxy groups -OCH3 is 1. The molecule has 0 aliphatic carbocycles. The van der Waals surface area contributed by atoms with Gasteiger partial charge in [-0.15, -0.1) is 21.8 Å². The molecule has 1 aromatic carbocycles. The van der Waals surface area contributed by atoms with Crippen molar-refractivity contribution in [1.82, 2.24) is 14.8 Å². The number of benzene rings is 1. The minimum atomic E-state index is 0.338.